The number of carbonyl (C=O) groups excluding carboxylic acids is 1. The van der Waals surface area contributed by atoms with Crippen LogP contribution in [0, 0.1) is 0 Å². The number of fused-ring (bicyclic) bond motifs is 1. The molecule has 0 unspecified atom stereocenters. The van der Waals surface area contributed by atoms with E-state index in [0.29, 0.717) is 38.0 Å². The molecule has 1 aromatic rings. The Kier molecular flexibility index (Phi) is 6.50. The van der Waals surface area contributed by atoms with Crippen molar-refractivity contribution in [3.05, 3.63) is 29.3 Å². The van der Waals surface area contributed by atoms with Gasteiger partial charge in [0.1, 0.15) is 5.75 Å². The molecule has 0 spiro atoms. The van der Waals surface area contributed by atoms with Crippen LogP contribution in [0.15, 0.2) is 18.2 Å². The van der Waals surface area contributed by atoms with Gasteiger partial charge in [-0.2, -0.15) is 0 Å². The van der Waals surface area contributed by atoms with Crippen molar-refractivity contribution in [3.63, 3.8) is 0 Å². The SMILES string of the molecule is O=C1CN(C2CCCC2)Cc2ccc(C(=O)O)cc2OCCCCCN1. The minimum Gasteiger partial charge on any atom is -0.493 e. The summed E-state index contributed by atoms with van der Waals surface area (Å²) in [6, 6.07) is 5.47. The molecule has 1 amide bonds. The van der Waals surface area contributed by atoms with Crippen molar-refractivity contribution in [1.82, 2.24) is 10.2 Å². The van der Waals surface area contributed by atoms with Gasteiger partial charge in [-0.25, -0.2) is 4.79 Å². The Morgan fingerprint density at radius 1 is 1.12 bits per heavy atom. The number of rotatable bonds is 2. The molecule has 1 fully saturated rings. The summed E-state index contributed by atoms with van der Waals surface area (Å²) >= 11 is 0. The molecule has 1 heterocycles. The Morgan fingerprint density at radius 3 is 2.69 bits per heavy atom. The molecular formula is C20H28N2O4. The number of carboxylic acid groups (broad SMARTS) is 1. The van der Waals surface area contributed by atoms with Crippen molar-refractivity contribution in [2.75, 3.05) is 19.7 Å². The van der Waals surface area contributed by atoms with E-state index in [1.807, 2.05) is 6.07 Å². The molecule has 2 N–H and O–H groups in total. The van der Waals surface area contributed by atoms with Crippen LogP contribution in [0.2, 0.25) is 0 Å². The lowest BCUT2D eigenvalue weighted by Gasteiger charge is -2.29. The maximum Gasteiger partial charge on any atom is 0.335 e. The Morgan fingerprint density at radius 2 is 1.92 bits per heavy atom. The zero-order valence-electron chi connectivity index (χ0n) is 15.2. The highest BCUT2D eigenvalue weighted by Crippen LogP contribution is 2.28. The highest BCUT2D eigenvalue weighted by atomic mass is 16.5. The van der Waals surface area contributed by atoms with Gasteiger partial charge in [-0.1, -0.05) is 18.9 Å². The molecule has 26 heavy (non-hydrogen) atoms. The number of amides is 1. The van der Waals surface area contributed by atoms with Gasteiger partial charge < -0.3 is 15.2 Å². The van der Waals surface area contributed by atoms with E-state index in [2.05, 4.69) is 10.2 Å². The van der Waals surface area contributed by atoms with Crippen LogP contribution in [0.3, 0.4) is 0 Å². The molecule has 2 aliphatic rings. The van der Waals surface area contributed by atoms with Crippen LogP contribution in [-0.4, -0.2) is 47.6 Å². The molecule has 1 aliphatic carbocycles. The normalized spacial score (nSPS) is 20.8. The van der Waals surface area contributed by atoms with Crippen molar-refractivity contribution in [3.8, 4) is 5.75 Å². The number of nitrogens with one attached hydrogen (secondary N) is 1. The van der Waals surface area contributed by atoms with Crippen LogP contribution < -0.4 is 10.1 Å². The summed E-state index contributed by atoms with van der Waals surface area (Å²) < 4.78 is 5.93. The lowest BCUT2D eigenvalue weighted by Crippen LogP contribution is -2.41. The molecule has 6 heteroatoms. The Hall–Kier alpha value is -2.08. The number of carbonyl (C=O) groups is 2. The lowest BCUT2D eigenvalue weighted by molar-refractivity contribution is -0.123. The molecule has 0 saturated heterocycles. The molecule has 6 nitrogen and oxygen atoms in total. The third kappa shape index (κ3) is 4.97. The second-order valence-corrected chi connectivity index (χ2v) is 7.23. The van der Waals surface area contributed by atoms with E-state index in [0.717, 1.165) is 37.7 Å². The van der Waals surface area contributed by atoms with Gasteiger partial charge >= 0.3 is 5.97 Å². The predicted octanol–water partition coefficient (Wildman–Crippen LogP) is 2.81. The minimum atomic E-state index is -0.952. The van der Waals surface area contributed by atoms with E-state index in [1.54, 1.807) is 12.1 Å². The summed E-state index contributed by atoms with van der Waals surface area (Å²) in [6.07, 6.45) is 7.40. The fourth-order valence-corrected chi connectivity index (χ4v) is 3.81. The average molecular weight is 360 g/mol. The summed E-state index contributed by atoms with van der Waals surface area (Å²) in [5, 5.41) is 12.3. The van der Waals surface area contributed by atoms with Gasteiger partial charge in [0.2, 0.25) is 5.91 Å². The number of ether oxygens (including phenoxy) is 1. The Labute approximate surface area is 154 Å². The van der Waals surface area contributed by atoms with E-state index in [1.165, 1.54) is 12.8 Å². The first kappa shape index (κ1) is 18.7. The van der Waals surface area contributed by atoms with Crippen LogP contribution in [0.25, 0.3) is 0 Å². The molecule has 0 bridgehead atoms. The molecule has 1 saturated carbocycles. The van der Waals surface area contributed by atoms with Crippen LogP contribution >= 0.6 is 0 Å². The van der Waals surface area contributed by atoms with Gasteiger partial charge in [0.15, 0.2) is 0 Å². The molecule has 142 valence electrons. The monoisotopic (exact) mass is 360 g/mol. The van der Waals surface area contributed by atoms with Gasteiger partial charge in [0.25, 0.3) is 0 Å². The molecule has 1 aliphatic heterocycles. The topological polar surface area (TPSA) is 78.9 Å². The lowest BCUT2D eigenvalue weighted by atomic mass is 10.1. The van der Waals surface area contributed by atoms with E-state index >= 15 is 0 Å². The fraction of sp³-hybridized carbons (Fsp3) is 0.600. The fourth-order valence-electron chi connectivity index (χ4n) is 3.81. The number of aromatic carboxylic acids is 1. The van der Waals surface area contributed by atoms with Gasteiger partial charge in [-0.3, -0.25) is 9.69 Å². The summed E-state index contributed by atoms with van der Waals surface area (Å²) in [5.74, 6) is -0.250. The van der Waals surface area contributed by atoms with Crippen LogP contribution in [0.4, 0.5) is 0 Å². The number of nitrogens with zero attached hydrogens (tertiary/aromatic N) is 1. The third-order valence-corrected chi connectivity index (χ3v) is 5.28. The molecule has 3 rings (SSSR count). The largest absolute Gasteiger partial charge is 0.493 e. The zero-order chi connectivity index (χ0) is 18.4. The molecule has 1 aromatic carbocycles. The highest BCUT2D eigenvalue weighted by molar-refractivity contribution is 5.88. The first-order valence-corrected chi connectivity index (χ1v) is 9.63. The van der Waals surface area contributed by atoms with Crippen molar-refractivity contribution in [1.29, 1.82) is 0 Å². The van der Waals surface area contributed by atoms with Gasteiger partial charge in [0.05, 0.1) is 18.7 Å². The van der Waals surface area contributed by atoms with E-state index in [4.69, 9.17) is 4.74 Å². The van der Waals surface area contributed by atoms with E-state index in [-0.39, 0.29) is 11.5 Å². The molecule has 0 aromatic heterocycles. The Balaban J connectivity index is 1.86. The standard InChI is InChI=1S/C20H28N2O4/c23-19-14-22(17-6-2-3-7-17)13-16-9-8-15(20(24)25)12-18(16)26-11-5-1-4-10-21-19/h8-9,12,17H,1-7,10-11,13-14H2,(H,21,23)(H,24,25). The Bertz CT molecular complexity index is 641. The molecule has 0 atom stereocenters. The second kappa shape index (κ2) is 9.03. The van der Waals surface area contributed by atoms with Crippen LogP contribution in [0.5, 0.6) is 5.75 Å². The average Bonchev–Trinajstić information content (AvgIpc) is 3.15. The van der Waals surface area contributed by atoms with Gasteiger partial charge in [-0.05, 0) is 44.2 Å². The second-order valence-electron chi connectivity index (χ2n) is 7.23. The summed E-state index contributed by atoms with van der Waals surface area (Å²) in [7, 11) is 0. The van der Waals surface area contributed by atoms with Crippen molar-refractivity contribution in [2.45, 2.75) is 57.5 Å². The number of carboxylic acids is 1. The third-order valence-electron chi connectivity index (χ3n) is 5.28. The molecule has 0 radical (unpaired) electrons. The predicted molar refractivity (Wildman–Crippen MR) is 98.4 cm³/mol. The smallest absolute Gasteiger partial charge is 0.335 e. The minimum absolute atomic E-state index is 0.0702. The highest BCUT2D eigenvalue weighted by Gasteiger charge is 2.25. The van der Waals surface area contributed by atoms with Crippen LogP contribution in [0.1, 0.15) is 60.9 Å². The summed E-state index contributed by atoms with van der Waals surface area (Å²) in [4.78, 5) is 25.9. The van der Waals surface area contributed by atoms with Gasteiger partial charge in [-0.15, -0.1) is 0 Å². The number of hydrogen-bond acceptors (Lipinski definition) is 4. The van der Waals surface area contributed by atoms with Crippen molar-refractivity contribution in [2.24, 2.45) is 0 Å². The zero-order valence-corrected chi connectivity index (χ0v) is 15.2. The maximum absolute atomic E-state index is 12.3. The summed E-state index contributed by atoms with van der Waals surface area (Å²) in [5.41, 5.74) is 1.19. The van der Waals surface area contributed by atoms with Crippen molar-refractivity contribution < 1.29 is 19.4 Å². The number of benzene rings is 1. The maximum atomic E-state index is 12.3. The first-order chi connectivity index (χ1) is 12.6. The van der Waals surface area contributed by atoms with Gasteiger partial charge in [0, 0.05) is 24.7 Å². The summed E-state index contributed by atoms with van der Waals surface area (Å²) in [6.45, 7) is 2.25. The van der Waals surface area contributed by atoms with Crippen molar-refractivity contribution >= 4 is 11.9 Å². The quantitative estimate of drug-likeness (QED) is 0.848. The molecular weight excluding hydrogens is 332 g/mol. The van der Waals surface area contributed by atoms with E-state index in [9.17, 15) is 14.7 Å². The number of hydrogen-bond donors (Lipinski definition) is 2. The first-order valence-electron chi connectivity index (χ1n) is 9.63. The van der Waals surface area contributed by atoms with Crippen LogP contribution in [-0.2, 0) is 11.3 Å². The van der Waals surface area contributed by atoms with E-state index < -0.39 is 5.97 Å².